The molecule has 23 heavy (non-hydrogen) atoms. The second-order valence-corrected chi connectivity index (χ2v) is 6.34. The molecule has 0 N–H and O–H groups in total. The third kappa shape index (κ3) is 2.86. The Morgan fingerprint density at radius 2 is 2.13 bits per heavy atom. The average Bonchev–Trinajstić information content (AvgIpc) is 3.19. The SMILES string of the molecule is CC1CCCN1CCc1cc2cccc(-c3cncnc3)c2o1. The van der Waals surface area contributed by atoms with Crippen molar-refractivity contribution < 1.29 is 4.42 Å². The maximum Gasteiger partial charge on any atom is 0.142 e. The summed E-state index contributed by atoms with van der Waals surface area (Å²) >= 11 is 0. The van der Waals surface area contributed by atoms with Crippen molar-refractivity contribution in [2.24, 2.45) is 0 Å². The lowest BCUT2D eigenvalue weighted by atomic mass is 10.1. The van der Waals surface area contributed by atoms with Gasteiger partial charge in [-0.05, 0) is 32.4 Å². The highest BCUT2D eigenvalue weighted by molar-refractivity contribution is 5.92. The van der Waals surface area contributed by atoms with Gasteiger partial charge in [-0.1, -0.05) is 18.2 Å². The van der Waals surface area contributed by atoms with Crippen molar-refractivity contribution in [1.82, 2.24) is 14.9 Å². The van der Waals surface area contributed by atoms with Crippen LogP contribution in [0.1, 0.15) is 25.5 Å². The maximum absolute atomic E-state index is 6.17. The van der Waals surface area contributed by atoms with Gasteiger partial charge in [0.1, 0.15) is 17.7 Å². The van der Waals surface area contributed by atoms with Gasteiger partial charge in [0.15, 0.2) is 0 Å². The van der Waals surface area contributed by atoms with Gasteiger partial charge in [-0.15, -0.1) is 0 Å². The van der Waals surface area contributed by atoms with Gasteiger partial charge in [-0.2, -0.15) is 0 Å². The molecule has 3 aromatic rings. The van der Waals surface area contributed by atoms with Crippen molar-refractivity contribution in [2.45, 2.75) is 32.2 Å². The van der Waals surface area contributed by atoms with Crippen LogP contribution in [0.4, 0.5) is 0 Å². The molecule has 1 aromatic carbocycles. The number of hydrogen-bond donors (Lipinski definition) is 0. The molecule has 4 rings (SSSR count). The molecule has 1 aliphatic heterocycles. The molecule has 1 unspecified atom stereocenters. The van der Waals surface area contributed by atoms with E-state index >= 15 is 0 Å². The fraction of sp³-hybridized carbons (Fsp3) is 0.368. The van der Waals surface area contributed by atoms with Crippen LogP contribution in [0.5, 0.6) is 0 Å². The summed E-state index contributed by atoms with van der Waals surface area (Å²) in [6.07, 6.45) is 8.81. The summed E-state index contributed by atoms with van der Waals surface area (Å²) in [5.74, 6) is 1.06. The van der Waals surface area contributed by atoms with Gasteiger partial charge in [0.2, 0.25) is 0 Å². The third-order valence-electron chi connectivity index (χ3n) is 4.80. The number of nitrogens with zero attached hydrogens (tertiary/aromatic N) is 3. The molecule has 1 aliphatic rings. The standard InChI is InChI=1S/C19H21N3O/c1-14-4-3-8-22(14)9-7-17-10-15-5-2-6-18(19(15)23-17)16-11-20-13-21-12-16/h2,5-6,10-14H,3-4,7-9H2,1H3. The van der Waals surface area contributed by atoms with E-state index in [2.05, 4.69) is 46.1 Å². The van der Waals surface area contributed by atoms with E-state index < -0.39 is 0 Å². The van der Waals surface area contributed by atoms with Crippen molar-refractivity contribution in [1.29, 1.82) is 0 Å². The van der Waals surface area contributed by atoms with E-state index in [9.17, 15) is 0 Å². The molecule has 0 bridgehead atoms. The van der Waals surface area contributed by atoms with Crippen LogP contribution in [-0.2, 0) is 6.42 Å². The molecular formula is C19H21N3O. The number of benzene rings is 1. The van der Waals surface area contributed by atoms with Crippen molar-refractivity contribution >= 4 is 11.0 Å². The minimum absolute atomic E-state index is 0.705. The lowest BCUT2D eigenvalue weighted by Gasteiger charge is -2.19. The average molecular weight is 307 g/mol. The third-order valence-corrected chi connectivity index (χ3v) is 4.80. The highest BCUT2D eigenvalue weighted by Gasteiger charge is 2.20. The molecule has 0 amide bonds. The van der Waals surface area contributed by atoms with Crippen LogP contribution in [-0.4, -0.2) is 34.0 Å². The summed E-state index contributed by atoms with van der Waals surface area (Å²) < 4.78 is 6.17. The molecule has 1 atom stereocenters. The molecule has 0 saturated carbocycles. The zero-order valence-corrected chi connectivity index (χ0v) is 13.4. The zero-order chi connectivity index (χ0) is 15.6. The quantitative estimate of drug-likeness (QED) is 0.732. The molecular weight excluding hydrogens is 286 g/mol. The van der Waals surface area contributed by atoms with Gasteiger partial charge >= 0.3 is 0 Å². The van der Waals surface area contributed by atoms with Crippen LogP contribution in [0.3, 0.4) is 0 Å². The number of rotatable bonds is 4. The molecule has 118 valence electrons. The van der Waals surface area contributed by atoms with Crippen molar-refractivity contribution in [3.63, 3.8) is 0 Å². The highest BCUT2D eigenvalue weighted by atomic mass is 16.3. The Hall–Kier alpha value is -2.20. The minimum atomic E-state index is 0.705. The van der Waals surface area contributed by atoms with Gasteiger partial charge in [0.25, 0.3) is 0 Å². The molecule has 0 spiro atoms. The maximum atomic E-state index is 6.17. The number of fused-ring (bicyclic) bond motifs is 1. The Morgan fingerprint density at radius 1 is 1.26 bits per heavy atom. The normalized spacial score (nSPS) is 18.7. The fourth-order valence-corrected chi connectivity index (χ4v) is 3.48. The number of hydrogen-bond acceptors (Lipinski definition) is 4. The van der Waals surface area contributed by atoms with Gasteiger partial charge in [0.05, 0.1) is 0 Å². The van der Waals surface area contributed by atoms with Crippen LogP contribution >= 0.6 is 0 Å². The summed E-state index contributed by atoms with van der Waals surface area (Å²) in [6.45, 7) is 4.61. The molecule has 0 radical (unpaired) electrons. The summed E-state index contributed by atoms with van der Waals surface area (Å²) in [5.41, 5.74) is 2.99. The van der Waals surface area contributed by atoms with E-state index in [1.165, 1.54) is 19.4 Å². The number of para-hydroxylation sites is 1. The molecule has 1 saturated heterocycles. The molecule has 2 aromatic heterocycles. The van der Waals surface area contributed by atoms with Crippen molar-refractivity contribution in [3.8, 4) is 11.1 Å². The predicted octanol–water partition coefficient (Wildman–Crippen LogP) is 3.92. The first kappa shape index (κ1) is 14.4. The number of furan rings is 1. The van der Waals surface area contributed by atoms with Crippen LogP contribution in [0.2, 0.25) is 0 Å². The predicted molar refractivity (Wildman–Crippen MR) is 91.2 cm³/mol. The van der Waals surface area contributed by atoms with E-state index in [-0.39, 0.29) is 0 Å². The first-order chi connectivity index (χ1) is 11.3. The molecule has 1 fully saturated rings. The van der Waals surface area contributed by atoms with Crippen molar-refractivity contribution in [3.05, 3.63) is 48.7 Å². The Morgan fingerprint density at radius 3 is 2.91 bits per heavy atom. The van der Waals surface area contributed by atoms with Crippen LogP contribution in [0.15, 0.2) is 47.4 Å². The summed E-state index contributed by atoms with van der Waals surface area (Å²) in [6, 6.07) is 9.11. The van der Waals surface area contributed by atoms with Gasteiger partial charge < -0.3 is 9.32 Å². The first-order valence-corrected chi connectivity index (χ1v) is 8.32. The van der Waals surface area contributed by atoms with E-state index in [0.29, 0.717) is 6.04 Å². The zero-order valence-electron chi connectivity index (χ0n) is 13.4. The van der Waals surface area contributed by atoms with E-state index in [4.69, 9.17) is 4.42 Å². The van der Waals surface area contributed by atoms with Gasteiger partial charge in [-0.25, -0.2) is 9.97 Å². The molecule has 4 nitrogen and oxygen atoms in total. The van der Waals surface area contributed by atoms with Gasteiger partial charge in [0, 0.05) is 47.9 Å². The lowest BCUT2D eigenvalue weighted by molar-refractivity contribution is 0.266. The summed E-state index contributed by atoms with van der Waals surface area (Å²) in [7, 11) is 0. The molecule has 4 heteroatoms. The largest absolute Gasteiger partial charge is 0.460 e. The topological polar surface area (TPSA) is 42.2 Å². The van der Waals surface area contributed by atoms with E-state index in [0.717, 1.165) is 40.8 Å². The number of aromatic nitrogens is 2. The van der Waals surface area contributed by atoms with E-state index in [1.807, 2.05) is 12.4 Å². The summed E-state index contributed by atoms with van der Waals surface area (Å²) in [4.78, 5) is 10.8. The Labute approximate surface area is 136 Å². The van der Waals surface area contributed by atoms with Crippen LogP contribution in [0, 0.1) is 0 Å². The van der Waals surface area contributed by atoms with Gasteiger partial charge in [-0.3, -0.25) is 0 Å². The molecule has 0 aliphatic carbocycles. The second-order valence-electron chi connectivity index (χ2n) is 6.34. The highest BCUT2D eigenvalue weighted by Crippen LogP contribution is 2.30. The Balaban J connectivity index is 1.60. The monoisotopic (exact) mass is 307 g/mol. The summed E-state index contributed by atoms with van der Waals surface area (Å²) in [5, 5.41) is 1.15. The first-order valence-electron chi connectivity index (χ1n) is 8.32. The Bertz CT molecular complexity index is 797. The van der Waals surface area contributed by atoms with E-state index in [1.54, 1.807) is 6.33 Å². The van der Waals surface area contributed by atoms with Crippen molar-refractivity contribution in [2.75, 3.05) is 13.1 Å². The molecule has 3 heterocycles. The second kappa shape index (κ2) is 6.13. The number of likely N-dealkylation sites (tertiary alicyclic amines) is 1. The Kier molecular flexibility index (Phi) is 3.83. The van der Waals surface area contributed by atoms with Crippen LogP contribution < -0.4 is 0 Å². The van der Waals surface area contributed by atoms with Crippen LogP contribution in [0.25, 0.3) is 22.1 Å². The smallest absolute Gasteiger partial charge is 0.142 e. The minimum Gasteiger partial charge on any atom is -0.460 e. The lowest BCUT2D eigenvalue weighted by Crippen LogP contribution is -2.28. The fourth-order valence-electron chi connectivity index (χ4n) is 3.48.